The second-order valence-electron chi connectivity index (χ2n) is 4.52. The number of benzene rings is 2. The Morgan fingerprint density at radius 2 is 1.76 bits per heavy atom. The Bertz CT molecular complexity index is 780. The van der Waals surface area contributed by atoms with E-state index in [0.29, 0.717) is 11.4 Å². The van der Waals surface area contributed by atoms with Gasteiger partial charge in [-0.05, 0) is 30.3 Å². The van der Waals surface area contributed by atoms with Gasteiger partial charge in [0.1, 0.15) is 5.75 Å². The maximum atomic E-state index is 12.1. The van der Waals surface area contributed by atoms with Crippen LogP contribution >= 0.6 is 0 Å². The fourth-order valence-electron chi connectivity index (χ4n) is 2.22. The van der Waals surface area contributed by atoms with Gasteiger partial charge in [0.15, 0.2) is 0 Å². The molecule has 0 atom stereocenters. The lowest BCUT2D eigenvalue weighted by atomic mass is 10.2. The highest BCUT2D eigenvalue weighted by Gasteiger charge is 2.08. The Hall–Kier alpha value is -2.95. The molecular formula is C16H15N3O2. The number of carbonyl (C=O) groups is 1. The number of anilines is 2. The van der Waals surface area contributed by atoms with Gasteiger partial charge in [-0.15, -0.1) is 0 Å². The third-order valence-electron chi connectivity index (χ3n) is 3.20. The molecule has 2 amide bonds. The minimum atomic E-state index is -0.312. The average molecular weight is 281 g/mol. The van der Waals surface area contributed by atoms with Crippen LogP contribution in [0.5, 0.6) is 5.75 Å². The zero-order valence-corrected chi connectivity index (χ0v) is 11.5. The number of hydrogen-bond acceptors (Lipinski definition) is 2. The first-order valence-corrected chi connectivity index (χ1v) is 6.55. The zero-order valence-electron chi connectivity index (χ0n) is 11.5. The second-order valence-corrected chi connectivity index (χ2v) is 4.52. The van der Waals surface area contributed by atoms with Gasteiger partial charge in [0.05, 0.1) is 18.5 Å². The monoisotopic (exact) mass is 281 g/mol. The minimum Gasteiger partial charge on any atom is -0.495 e. The van der Waals surface area contributed by atoms with Crippen LogP contribution in [0.3, 0.4) is 0 Å². The maximum Gasteiger partial charge on any atom is 0.323 e. The molecule has 0 fully saturated rings. The number of methoxy groups -OCH3 is 1. The third-order valence-corrected chi connectivity index (χ3v) is 3.20. The molecule has 0 aliphatic rings. The average Bonchev–Trinajstić information content (AvgIpc) is 2.97. The van der Waals surface area contributed by atoms with E-state index in [4.69, 9.17) is 4.74 Å². The normalized spacial score (nSPS) is 10.3. The Labute approximate surface area is 121 Å². The second kappa shape index (κ2) is 5.58. The summed E-state index contributed by atoms with van der Waals surface area (Å²) >= 11 is 0. The molecule has 0 saturated heterocycles. The predicted molar refractivity (Wildman–Crippen MR) is 83.9 cm³/mol. The number of H-pyrrole nitrogens is 1. The van der Waals surface area contributed by atoms with Crippen molar-refractivity contribution in [1.82, 2.24) is 4.98 Å². The molecule has 1 aromatic heterocycles. The molecule has 3 aromatic rings. The van der Waals surface area contributed by atoms with Crippen molar-refractivity contribution in [2.75, 3.05) is 17.7 Å². The number of amides is 2. The number of ether oxygens (including phenoxy) is 1. The molecule has 0 saturated carbocycles. The van der Waals surface area contributed by atoms with E-state index < -0.39 is 0 Å². The van der Waals surface area contributed by atoms with E-state index in [-0.39, 0.29) is 6.03 Å². The Morgan fingerprint density at radius 3 is 2.62 bits per heavy atom. The van der Waals surface area contributed by atoms with Crippen molar-refractivity contribution in [3.05, 3.63) is 54.7 Å². The van der Waals surface area contributed by atoms with Crippen LogP contribution in [0.25, 0.3) is 10.9 Å². The summed E-state index contributed by atoms with van der Waals surface area (Å²) in [6.07, 6.45) is 1.84. The van der Waals surface area contributed by atoms with Crippen molar-refractivity contribution in [2.45, 2.75) is 0 Å². The van der Waals surface area contributed by atoms with Gasteiger partial charge in [0.25, 0.3) is 0 Å². The van der Waals surface area contributed by atoms with Crippen LogP contribution in [0.4, 0.5) is 16.2 Å². The van der Waals surface area contributed by atoms with E-state index in [2.05, 4.69) is 15.6 Å². The lowest BCUT2D eigenvalue weighted by Crippen LogP contribution is -2.19. The SMILES string of the molecule is COc1ccccc1NC(=O)Nc1cccc2[nH]ccc12. The highest BCUT2D eigenvalue weighted by atomic mass is 16.5. The summed E-state index contributed by atoms with van der Waals surface area (Å²) in [6, 6.07) is 14.6. The molecule has 106 valence electrons. The number of aromatic amines is 1. The largest absolute Gasteiger partial charge is 0.495 e. The van der Waals surface area contributed by atoms with Gasteiger partial charge in [-0.3, -0.25) is 0 Å². The van der Waals surface area contributed by atoms with E-state index in [0.717, 1.165) is 16.6 Å². The first-order chi connectivity index (χ1) is 10.3. The first-order valence-electron chi connectivity index (χ1n) is 6.55. The molecule has 0 spiro atoms. The highest BCUT2D eigenvalue weighted by Crippen LogP contribution is 2.25. The number of rotatable bonds is 3. The predicted octanol–water partition coefficient (Wildman–Crippen LogP) is 3.82. The quantitative estimate of drug-likeness (QED) is 0.683. The van der Waals surface area contributed by atoms with E-state index in [1.54, 1.807) is 19.2 Å². The van der Waals surface area contributed by atoms with Crippen molar-refractivity contribution in [3.63, 3.8) is 0 Å². The molecule has 21 heavy (non-hydrogen) atoms. The zero-order chi connectivity index (χ0) is 14.7. The van der Waals surface area contributed by atoms with Crippen molar-refractivity contribution in [3.8, 4) is 5.75 Å². The molecule has 5 nitrogen and oxygen atoms in total. The van der Waals surface area contributed by atoms with Crippen LogP contribution in [0, 0.1) is 0 Å². The van der Waals surface area contributed by atoms with Gasteiger partial charge in [-0.25, -0.2) is 4.79 Å². The molecule has 0 aliphatic heterocycles. The van der Waals surface area contributed by atoms with Gasteiger partial charge in [0, 0.05) is 17.1 Å². The van der Waals surface area contributed by atoms with Crippen molar-refractivity contribution >= 4 is 28.3 Å². The smallest absolute Gasteiger partial charge is 0.323 e. The molecule has 2 aromatic carbocycles. The van der Waals surface area contributed by atoms with Crippen molar-refractivity contribution < 1.29 is 9.53 Å². The van der Waals surface area contributed by atoms with Crippen LogP contribution in [-0.2, 0) is 0 Å². The molecular weight excluding hydrogens is 266 g/mol. The van der Waals surface area contributed by atoms with E-state index in [9.17, 15) is 4.79 Å². The van der Waals surface area contributed by atoms with Crippen LogP contribution in [0.15, 0.2) is 54.7 Å². The van der Waals surface area contributed by atoms with E-state index >= 15 is 0 Å². The fourth-order valence-corrected chi connectivity index (χ4v) is 2.22. The topological polar surface area (TPSA) is 66.2 Å². The Kier molecular flexibility index (Phi) is 3.47. The van der Waals surface area contributed by atoms with Gasteiger partial charge < -0.3 is 20.4 Å². The molecule has 1 heterocycles. The van der Waals surface area contributed by atoms with Crippen molar-refractivity contribution in [2.24, 2.45) is 0 Å². The van der Waals surface area contributed by atoms with Crippen LogP contribution in [0.1, 0.15) is 0 Å². The lowest BCUT2D eigenvalue weighted by Gasteiger charge is -2.11. The fraction of sp³-hybridized carbons (Fsp3) is 0.0625. The molecule has 5 heteroatoms. The number of fused-ring (bicyclic) bond motifs is 1. The van der Waals surface area contributed by atoms with Crippen LogP contribution in [-0.4, -0.2) is 18.1 Å². The Balaban J connectivity index is 1.79. The number of para-hydroxylation sites is 2. The highest BCUT2D eigenvalue weighted by molar-refractivity contribution is 6.06. The molecule has 0 unspecified atom stereocenters. The van der Waals surface area contributed by atoms with Gasteiger partial charge in [-0.2, -0.15) is 0 Å². The molecule has 3 rings (SSSR count). The summed E-state index contributed by atoms with van der Waals surface area (Å²) in [5.41, 5.74) is 2.35. The molecule has 0 bridgehead atoms. The number of aromatic nitrogens is 1. The van der Waals surface area contributed by atoms with E-state index in [1.807, 2.05) is 42.6 Å². The van der Waals surface area contributed by atoms with Crippen LogP contribution in [0.2, 0.25) is 0 Å². The first kappa shape index (κ1) is 13.1. The summed E-state index contributed by atoms with van der Waals surface area (Å²) in [6.45, 7) is 0. The summed E-state index contributed by atoms with van der Waals surface area (Å²) < 4.78 is 5.21. The molecule has 0 aliphatic carbocycles. The minimum absolute atomic E-state index is 0.312. The number of urea groups is 1. The maximum absolute atomic E-state index is 12.1. The summed E-state index contributed by atoms with van der Waals surface area (Å²) in [7, 11) is 1.57. The van der Waals surface area contributed by atoms with Crippen LogP contribution < -0.4 is 15.4 Å². The molecule has 0 radical (unpaired) electrons. The summed E-state index contributed by atoms with van der Waals surface area (Å²) in [4.78, 5) is 15.2. The van der Waals surface area contributed by atoms with E-state index in [1.165, 1.54) is 0 Å². The molecule has 3 N–H and O–H groups in total. The number of hydrogen-bond donors (Lipinski definition) is 3. The van der Waals surface area contributed by atoms with Crippen molar-refractivity contribution in [1.29, 1.82) is 0 Å². The summed E-state index contributed by atoms with van der Waals surface area (Å²) in [5.74, 6) is 0.618. The standard InChI is InChI=1S/C16H15N3O2/c1-21-15-8-3-2-5-14(15)19-16(20)18-13-7-4-6-12-11(13)9-10-17-12/h2-10,17H,1H3,(H2,18,19,20). The van der Waals surface area contributed by atoms with Gasteiger partial charge in [-0.1, -0.05) is 18.2 Å². The summed E-state index contributed by atoms with van der Waals surface area (Å²) in [5, 5.41) is 6.59. The Morgan fingerprint density at radius 1 is 1.00 bits per heavy atom. The van der Waals surface area contributed by atoms with Gasteiger partial charge >= 0.3 is 6.03 Å². The number of nitrogens with one attached hydrogen (secondary N) is 3. The lowest BCUT2D eigenvalue weighted by molar-refractivity contribution is 0.262. The van der Waals surface area contributed by atoms with Gasteiger partial charge in [0.2, 0.25) is 0 Å². The number of carbonyl (C=O) groups excluding carboxylic acids is 1. The third kappa shape index (κ3) is 2.67.